The largest absolute Gasteiger partial charge is 0.395 e. The molecular weight excluding hydrogens is 238 g/mol. The molecule has 3 rings (SSSR count). The molecule has 0 saturated carbocycles. The van der Waals surface area contributed by atoms with Gasteiger partial charge < -0.3 is 5.73 Å². The van der Waals surface area contributed by atoms with Gasteiger partial charge in [0, 0.05) is 18.0 Å². The first-order valence-electron chi connectivity index (χ1n) is 5.94. The molecule has 2 aromatic heterocycles. The Morgan fingerprint density at radius 3 is 2.58 bits per heavy atom. The molecule has 0 spiro atoms. The predicted molar refractivity (Wildman–Crippen MR) is 73.7 cm³/mol. The van der Waals surface area contributed by atoms with E-state index in [1.165, 1.54) is 0 Å². The quantitative estimate of drug-likeness (QED) is 0.758. The molecular formula is C14H13N5. The molecule has 0 bridgehead atoms. The molecule has 5 heteroatoms. The van der Waals surface area contributed by atoms with E-state index in [1.54, 1.807) is 23.3 Å². The van der Waals surface area contributed by atoms with Crippen molar-refractivity contribution < 1.29 is 0 Å². The Morgan fingerprint density at radius 2 is 1.89 bits per heavy atom. The lowest BCUT2D eigenvalue weighted by molar-refractivity contribution is 0.813. The summed E-state index contributed by atoms with van der Waals surface area (Å²) in [5.74, 6) is 0.661. The molecule has 0 aliphatic rings. The van der Waals surface area contributed by atoms with Gasteiger partial charge in [0.15, 0.2) is 5.82 Å². The first-order valence-corrected chi connectivity index (χ1v) is 5.94. The average Bonchev–Trinajstić information content (AvgIpc) is 2.77. The maximum Gasteiger partial charge on any atom is 0.172 e. The zero-order chi connectivity index (χ0) is 13.2. The monoisotopic (exact) mass is 251 g/mol. The molecule has 0 radical (unpaired) electrons. The van der Waals surface area contributed by atoms with Crippen LogP contribution in [-0.4, -0.2) is 19.7 Å². The van der Waals surface area contributed by atoms with E-state index in [9.17, 15) is 0 Å². The number of hydrogen-bond donors (Lipinski definition) is 1. The minimum Gasteiger partial charge on any atom is -0.395 e. The van der Waals surface area contributed by atoms with Crippen molar-refractivity contribution in [2.24, 2.45) is 0 Å². The number of nitrogen functional groups attached to an aromatic ring is 1. The highest BCUT2D eigenvalue weighted by Gasteiger charge is 2.14. The summed E-state index contributed by atoms with van der Waals surface area (Å²) in [5, 5.41) is 4.54. The van der Waals surface area contributed by atoms with Crippen molar-refractivity contribution in [1.29, 1.82) is 0 Å². The van der Waals surface area contributed by atoms with E-state index in [1.807, 2.05) is 37.3 Å². The molecule has 0 atom stereocenters. The van der Waals surface area contributed by atoms with Crippen molar-refractivity contribution in [2.45, 2.75) is 6.92 Å². The zero-order valence-electron chi connectivity index (χ0n) is 10.5. The summed E-state index contributed by atoms with van der Waals surface area (Å²) in [4.78, 5) is 8.29. The Morgan fingerprint density at radius 1 is 1.11 bits per heavy atom. The van der Waals surface area contributed by atoms with E-state index in [0.29, 0.717) is 11.5 Å². The van der Waals surface area contributed by atoms with E-state index < -0.39 is 0 Å². The highest BCUT2D eigenvalue weighted by Crippen LogP contribution is 2.28. The highest BCUT2D eigenvalue weighted by atomic mass is 15.3. The van der Waals surface area contributed by atoms with Crippen molar-refractivity contribution in [3.8, 4) is 17.1 Å². The fourth-order valence-electron chi connectivity index (χ4n) is 1.95. The molecule has 5 nitrogen and oxygen atoms in total. The van der Waals surface area contributed by atoms with Crippen molar-refractivity contribution in [1.82, 2.24) is 19.7 Å². The van der Waals surface area contributed by atoms with Crippen LogP contribution in [0, 0.1) is 6.92 Å². The third-order valence-electron chi connectivity index (χ3n) is 2.98. The lowest BCUT2D eigenvalue weighted by Crippen LogP contribution is -2.02. The lowest BCUT2D eigenvalue weighted by atomic mass is 10.1. The summed E-state index contributed by atoms with van der Waals surface area (Å²) in [6, 6.07) is 9.86. The molecule has 0 unspecified atom stereocenters. The molecule has 1 aromatic carbocycles. The van der Waals surface area contributed by atoms with E-state index in [-0.39, 0.29) is 0 Å². The van der Waals surface area contributed by atoms with E-state index >= 15 is 0 Å². The van der Waals surface area contributed by atoms with Crippen LogP contribution in [0.1, 0.15) is 5.69 Å². The van der Waals surface area contributed by atoms with Crippen LogP contribution >= 0.6 is 0 Å². The molecule has 19 heavy (non-hydrogen) atoms. The average molecular weight is 251 g/mol. The molecule has 0 aliphatic carbocycles. The summed E-state index contributed by atoms with van der Waals surface area (Å²) in [6.07, 6.45) is 4.92. The van der Waals surface area contributed by atoms with Gasteiger partial charge in [-0.1, -0.05) is 30.3 Å². The number of nitrogens with two attached hydrogens (primary N) is 1. The van der Waals surface area contributed by atoms with Crippen LogP contribution in [0.5, 0.6) is 0 Å². The second kappa shape index (κ2) is 4.53. The highest BCUT2D eigenvalue weighted by molar-refractivity contribution is 5.74. The predicted octanol–water partition coefficient (Wildman–Crippen LogP) is 2.22. The minimum atomic E-state index is 0.661. The van der Waals surface area contributed by atoms with Gasteiger partial charge in [0.05, 0.1) is 17.6 Å². The Kier molecular flexibility index (Phi) is 2.72. The molecule has 0 aliphatic heterocycles. The summed E-state index contributed by atoms with van der Waals surface area (Å²) in [6.45, 7) is 1.92. The number of nitrogens with zero attached hydrogens (tertiary/aromatic N) is 4. The second-order valence-electron chi connectivity index (χ2n) is 4.19. The second-order valence-corrected chi connectivity index (χ2v) is 4.19. The topological polar surface area (TPSA) is 69.6 Å². The van der Waals surface area contributed by atoms with E-state index in [4.69, 9.17) is 5.73 Å². The van der Waals surface area contributed by atoms with Crippen LogP contribution in [0.25, 0.3) is 17.1 Å². The number of aromatic nitrogens is 4. The molecule has 0 saturated heterocycles. The van der Waals surface area contributed by atoms with Crippen molar-refractivity contribution in [2.75, 3.05) is 5.73 Å². The van der Waals surface area contributed by atoms with Crippen LogP contribution in [0.15, 0.2) is 48.9 Å². The van der Waals surface area contributed by atoms with Crippen molar-refractivity contribution in [3.05, 3.63) is 54.6 Å². The van der Waals surface area contributed by atoms with Crippen LogP contribution in [0.2, 0.25) is 0 Å². The maximum atomic E-state index is 6.14. The van der Waals surface area contributed by atoms with Gasteiger partial charge in [-0.2, -0.15) is 5.10 Å². The lowest BCUT2D eigenvalue weighted by Gasteiger charge is -2.00. The standard InChI is InChI=1S/C14H13N5/c1-10-13(15)14(11-5-3-2-4-6-11)18-19(10)12-9-16-7-8-17-12/h2-9H,15H2,1H3. The van der Waals surface area contributed by atoms with Gasteiger partial charge in [-0.05, 0) is 6.92 Å². The molecule has 2 heterocycles. The van der Waals surface area contributed by atoms with E-state index in [0.717, 1.165) is 17.0 Å². The third-order valence-corrected chi connectivity index (χ3v) is 2.98. The van der Waals surface area contributed by atoms with E-state index in [2.05, 4.69) is 15.1 Å². The number of anilines is 1. The summed E-state index contributed by atoms with van der Waals surface area (Å²) in [5.41, 5.74) is 9.42. The Hall–Kier alpha value is -2.69. The molecule has 94 valence electrons. The zero-order valence-corrected chi connectivity index (χ0v) is 10.5. The van der Waals surface area contributed by atoms with Crippen molar-refractivity contribution >= 4 is 5.69 Å². The van der Waals surface area contributed by atoms with Gasteiger partial charge in [-0.3, -0.25) is 4.98 Å². The molecule has 0 amide bonds. The van der Waals surface area contributed by atoms with Gasteiger partial charge in [0.25, 0.3) is 0 Å². The SMILES string of the molecule is Cc1c(N)c(-c2ccccc2)nn1-c1cnccn1. The number of rotatable bonds is 2. The minimum absolute atomic E-state index is 0.661. The van der Waals surface area contributed by atoms with Gasteiger partial charge in [0.1, 0.15) is 5.69 Å². The smallest absolute Gasteiger partial charge is 0.172 e. The normalized spacial score (nSPS) is 10.6. The fourth-order valence-corrected chi connectivity index (χ4v) is 1.95. The maximum absolute atomic E-state index is 6.14. The van der Waals surface area contributed by atoms with Gasteiger partial charge in [-0.15, -0.1) is 0 Å². The van der Waals surface area contributed by atoms with Crippen LogP contribution in [0.4, 0.5) is 5.69 Å². The van der Waals surface area contributed by atoms with Crippen molar-refractivity contribution in [3.63, 3.8) is 0 Å². The Labute approximate surface area is 110 Å². The summed E-state index contributed by atoms with van der Waals surface area (Å²) < 4.78 is 1.71. The van der Waals surface area contributed by atoms with Crippen LogP contribution in [-0.2, 0) is 0 Å². The fraction of sp³-hybridized carbons (Fsp3) is 0.0714. The Bertz CT molecular complexity index is 629. The van der Waals surface area contributed by atoms with Crippen LogP contribution in [0.3, 0.4) is 0 Å². The van der Waals surface area contributed by atoms with Gasteiger partial charge in [-0.25, -0.2) is 9.67 Å². The van der Waals surface area contributed by atoms with Gasteiger partial charge >= 0.3 is 0 Å². The van der Waals surface area contributed by atoms with Crippen LogP contribution < -0.4 is 5.73 Å². The first kappa shape index (κ1) is 11.4. The number of benzene rings is 1. The molecule has 0 fully saturated rings. The Balaban J connectivity index is 2.16. The molecule has 2 N–H and O–H groups in total. The summed E-state index contributed by atoms with van der Waals surface area (Å²) >= 11 is 0. The number of hydrogen-bond acceptors (Lipinski definition) is 4. The first-order chi connectivity index (χ1) is 9.27. The third kappa shape index (κ3) is 1.95. The van der Waals surface area contributed by atoms with Gasteiger partial charge in [0.2, 0.25) is 0 Å². The molecule has 3 aromatic rings. The summed E-state index contributed by atoms with van der Waals surface area (Å²) in [7, 11) is 0.